The fourth-order valence-corrected chi connectivity index (χ4v) is 2.70. The molecule has 2 rings (SSSR count). The van der Waals surface area contributed by atoms with Crippen LogP contribution in [0.25, 0.3) is 0 Å². The molecule has 0 aliphatic carbocycles. The van der Waals surface area contributed by atoms with Crippen molar-refractivity contribution in [1.29, 1.82) is 0 Å². The number of piperidine rings is 1. The summed E-state index contributed by atoms with van der Waals surface area (Å²) < 4.78 is 0. The second-order valence-electron chi connectivity index (χ2n) is 4.92. The molecule has 0 spiro atoms. The zero-order valence-corrected chi connectivity index (χ0v) is 9.74. The molecule has 2 saturated heterocycles. The number of hydrogen-bond donors (Lipinski definition) is 0. The van der Waals surface area contributed by atoms with Crippen molar-refractivity contribution in [3.05, 3.63) is 0 Å². The van der Waals surface area contributed by atoms with Gasteiger partial charge in [-0.1, -0.05) is 6.42 Å². The topological polar surface area (TPSA) is 23.6 Å². The first kappa shape index (κ1) is 10.9. The van der Waals surface area contributed by atoms with Crippen LogP contribution in [0, 0.1) is 0 Å². The number of amides is 1. The molecule has 1 unspecified atom stereocenters. The van der Waals surface area contributed by atoms with Gasteiger partial charge in [-0.2, -0.15) is 0 Å². The molecule has 2 aliphatic heterocycles. The van der Waals surface area contributed by atoms with Crippen LogP contribution in [-0.2, 0) is 4.79 Å². The summed E-state index contributed by atoms with van der Waals surface area (Å²) in [5.41, 5.74) is 0. The van der Waals surface area contributed by atoms with Crippen LogP contribution in [0.1, 0.15) is 38.5 Å². The number of carbonyl (C=O) groups excluding carboxylic acids is 1. The summed E-state index contributed by atoms with van der Waals surface area (Å²) in [6, 6.07) is 0.506. The fraction of sp³-hybridized carbons (Fsp3) is 0.917. The largest absolute Gasteiger partial charge is 0.343 e. The Balaban J connectivity index is 1.81. The van der Waals surface area contributed by atoms with Crippen LogP contribution < -0.4 is 0 Å². The van der Waals surface area contributed by atoms with Crippen molar-refractivity contribution in [2.24, 2.45) is 0 Å². The van der Waals surface area contributed by atoms with Gasteiger partial charge in [-0.15, -0.1) is 0 Å². The van der Waals surface area contributed by atoms with Crippen LogP contribution in [0.2, 0.25) is 0 Å². The molecule has 2 aliphatic rings. The third kappa shape index (κ3) is 2.71. The number of hydrogen-bond acceptors (Lipinski definition) is 2. The normalized spacial score (nSPS) is 28.3. The molecule has 15 heavy (non-hydrogen) atoms. The molecule has 0 bridgehead atoms. The van der Waals surface area contributed by atoms with Crippen molar-refractivity contribution in [3.8, 4) is 0 Å². The first-order chi connectivity index (χ1) is 7.27. The maximum absolute atomic E-state index is 12.0. The number of likely N-dealkylation sites (tertiary alicyclic amines) is 2. The number of carbonyl (C=O) groups is 1. The zero-order valence-electron chi connectivity index (χ0n) is 9.74. The van der Waals surface area contributed by atoms with Crippen LogP contribution in [0.4, 0.5) is 0 Å². The molecule has 1 atom stereocenters. The van der Waals surface area contributed by atoms with E-state index in [1.807, 2.05) is 4.90 Å². The minimum Gasteiger partial charge on any atom is -0.343 e. The maximum Gasteiger partial charge on any atom is 0.224 e. The minimum absolute atomic E-state index is 0.381. The lowest BCUT2D eigenvalue weighted by Crippen LogP contribution is -2.40. The molecule has 3 nitrogen and oxygen atoms in total. The van der Waals surface area contributed by atoms with Crippen molar-refractivity contribution in [2.75, 3.05) is 26.7 Å². The average molecular weight is 210 g/mol. The summed E-state index contributed by atoms with van der Waals surface area (Å²) >= 11 is 0. The van der Waals surface area contributed by atoms with Crippen LogP contribution >= 0.6 is 0 Å². The highest BCUT2D eigenvalue weighted by Gasteiger charge is 2.25. The van der Waals surface area contributed by atoms with E-state index in [1.165, 1.54) is 32.1 Å². The van der Waals surface area contributed by atoms with E-state index in [0.29, 0.717) is 11.9 Å². The highest BCUT2D eigenvalue weighted by Crippen LogP contribution is 2.19. The molecule has 2 fully saturated rings. The Labute approximate surface area is 92.4 Å². The number of rotatable bonds is 2. The molecule has 0 radical (unpaired) electrons. The first-order valence-corrected chi connectivity index (χ1v) is 6.25. The van der Waals surface area contributed by atoms with E-state index in [0.717, 1.165) is 26.1 Å². The monoisotopic (exact) mass is 210 g/mol. The van der Waals surface area contributed by atoms with E-state index in [9.17, 15) is 4.79 Å². The van der Waals surface area contributed by atoms with Crippen molar-refractivity contribution >= 4 is 5.91 Å². The Bertz CT molecular complexity index is 224. The minimum atomic E-state index is 0.381. The standard InChI is InChI=1S/C12H22N2O/c1-13-7-3-2-6-11(13)10-12(15)14-8-4-5-9-14/h11H,2-10H2,1H3. The van der Waals surface area contributed by atoms with Gasteiger partial charge >= 0.3 is 0 Å². The molecule has 86 valence electrons. The smallest absolute Gasteiger partial charge is 0.224 e. The van der Waals surface area contributed by atoms with E-state index in [2.05, 4.69) is 11.9 Å². The summed E-state index contributed by atoms with van der Waals surface area (Å²) in [4.78, 5) is 16.4. The van der Waals surface area contributed by atoms with Gasteiger partial charge in [0.25, 0.3) is 0 Å². The summed E-state index contributed by atoms with van der Waals surface area (Å²) in [7, 11) is 2.15. The Morgan fingerprint density at radius 2 is 1.80 bits per heavy atom. The van der Waals surface area contributed by atoms with E-state index in [4.69, 9.17) is 0 Å². The van der Waals surface area contributed by atoms with Gasteiger partial charge in [0, 0.05) is 25.6 Å². The van der Waals surface area contributed by atoms with Gasteiger partial charge < -0.3 is 9.80 Å². The Kier molecular flexibility index (Phi) is 3.62. The fourth-order valence-electron chi connectivity index (χ4n) is 2.70. The molecule has 0 saturated carbocycles. The lowest BCUT2D eigenvalue weighted by atomic mass is 9.99. The van der Waals surface area contributed by atoms with Crippen molar-refractivity contribution < 1.29 is 4.79 Å². The predicted octanol–water partition coefficient (Wildman–Crippen LogP) is 1.48. The summed E-state index contributed by atoms with van der Waals surface area (Å²) in [5, 5.41) is 0. The van der Waals surface area contributed by atoms with Crippen molar-refractivity contribution in [3.63, 3.8) is 0 Å². The summed E-state index contributed by atoms with van der Waals surface area (Å²) in [6.07, 6.45) is 6.94. The number of nitrogens with zero attached hydrogens (tertiary/aromatic N) is 2. The average Bonchev–Trinajstić information content (AvgIpc) is 2.74. The first-order valence-electron chi connectivity index (χ1n) is 6.25. The van der Waals surface area contributed by atoms with Gasteiger partial charge in [-0.25, -0.2) is 0 Å². The van der Waals surface area contributed by atoms with Gasteiger partial charge in [0.2, 0.25) is 5.91 Å². The van der Waals surface area contributed by atoms with Crippen LogP contribution in [-0.4, -0.2) is 48.4 Å². The van der Waals surface area contributed by atoms with Crippen LogP contribution in [0.15, 0.2) is 0 Å². The maximum atomic E-state index is 12.0. The van der Waals surface area contributed by atoms with E-state index in [-0.39, 0.29) is 0 Å². The Morgan fingerprint density at radius 1 is 1.13 bits per heavy atom. The summed E-state index contributed by atoms with van der Waals surface area (Å²) in [6.45, 7) is 3.16. The SMILES string of the molecule is CN1CCCCC1CC(=O)N1CCCC1. The molecule has 2 heterocycles. The Morgan fingerprint density at radius 3 is 2.47 bits per heavy atom. The predicted molar refractivity (Wildman–Crippen MR) is 60.7 cm³/mol. The van der Waals surface area contributed by atoms with Gasteiger partial charge in [-0.05, 0) is 39.3 Å². The second-order valence-corrected chi connectivity index (χ2v) is 4.92. The zero-order chi connectivity index (χ0) is 10.7. The quantitative estimate of drug-likeness (QED) is 0.689. The van der Waals surface area contributed by atoms with E-state index in [1.54, 1.807) is 0 Å². The molecule has 0 aromatic carbocycles. The molecule has 0 N–H and O–H groups in total. The van der Waals surface area contributed by atoms with Crippen molar-refractivity contribution in [2.45, 2.75) is 44.6 Å². The van der Waals surface area contributed by atoms with E-state index < -0.39 is 0 Å². The van der Waals surface area contributed by atoms with Gasteiger partial charge in [-0.3, -0.25) is 4.79 Å². The van der Waals surface area contributed by atoms with Gasteiger partial charge in [0.1, 0.15) is 0 Å². The molecule has 1 amide bonds. The Hall–Kier alpha value is -0.570. The molecule has 0 aromatic heterocycles. The molecule has 3 heteroatoms. The molecular formula is C12H22N2O. The highest BCUT2D eigenvalue weighted by atomic mass is 16.2. The van der Waals surface area contributed by atoms with Gasteiger partial charge in [0.15, 0.2) is 0 Å². The summed E-state index contributed by atoms with van der Waals surface area (Å²) in [5.74, 6) is 0.381. The van der Waals surface area contributed by atoms with Gasteiger partial charge in [0.05, 0.1) is 0 Å². The van der Waals surface area contributed by atoms with Crippen molar-refractivity contribution in [1.82, 2.24) is 9.80 Å². The lowest BCUT2D eigenvalue weighted by molar-refractivity contribution is -0.131. The van der Waals surface area contributed by atoms with Crippen LogP contribution in [0.3, 0.4) is 0 Å². The molecule has 0 aromatic rings. The second kappa shape index (κ2) is 4.97. The van der Waals surface area contributed by atoms with E-state index >= 15 is 0 Å². The van der Waals surface area contributed by atoms with Crippen LogP contribution in [0.5, 0.6) is 0 Å². The third-order valence-electron chi connectivity index (χ3n) is 3.79. The highest BCUT2D eigenvalue weighted by molar-refractivity contribution is 5.77. The third-order valence-corrected chi connectivity index (χ3v) is 3.79. The molecular weight excluding hydrogens is 188 g/mol. The lowest BCUT2D eigenvalue weighted by Gasteiger charge is -2.33.